The van der Waals surface area contributed by atoms with E-state index in [1.165, 1.54) is 0 Å². The van der Waals surface area contributed by atoms with E-state index in [2.05, 4.69) is 4.90 Å². The molecule has 5 nitrogen and oxygen atoms in total. The van der Waals surface area contributed by atoms with E-state index in [0.717, 1.165) is 12.1 Å². The Morgan fingerprint density at radius 1 is 1.25 bits per heavy atom. The Balaban J connectivity index is 2.25. The molecule has 1 aliphatic heterocycles. The van der Waals surface area contributed by atoms with Crippen LogP contribution in [0.3, 0.4) is 0 Å². The minimum absolute atomic E-state index is 0.0105. The number of aliphatic hydroxyl groups excluding tert-OH is 1. The van der Waals surface area contributed by atoms with E-state index in [-0.39, 0.29) is 24.8 Å². The van der Waals surface area contributed by atoms with Crippen LogP contribution in [0, 0.1) is 0 Å². The second-order valence-corrected chi connectivity index (χ2v) is 7.23. The monoisotopic (exact) mass is 298 g/mol. The van der Waals surface area contributed by atoms with Gasteiger partial charge in [0.25, 0.3) is 0 Å². The van der Waals surface area contributed by atoms with Crippen LogP contribution in [-0.4, -0.2) is 61.8 Å². The predicted octanol–water partition coefficient (Wildman–Crippen LogP) is 0.687. The van der Waals surface area contributed by atoms with Gasteiger partial charge in [0.15, 0.2) is 0 Å². The molecule has 0 aromatic heterocycles. The predicted molar refractivity (Wildman–Crippen MR) is 78.9 cm³/mol. The molecule has 20 heavy (non-hydrogen) atoms. The van der Waals surface area contributed by atoms with Gasteiger partial charge >= 0.3 is 0 Å². The lowest BCUT2D eigenvalue weighted by Gasteiger charge is -2.39. The molecule has 6 heteroatoms. The normalized spacial score (nSPS) is 22.0. The first-order chi connectivity index (χ1) is 9.54. The van der Waals surface area contributed by atoms with Crippen molar-refractivity contribution in [2.75, 3.05) is 39.0 Å². The maximum Gasteiger partial charge on any atom is 0.214 e. The molecule has 0 spiro atoms. The van der Waals surface area contributed by atoms with Crippen molar-refractivity contribution in [3.05, 3.63) is 35.9 Å². The fourth-order valence-corrected chi connectivity index (χ4v) is 4.21. The van der Waals surface area contributed by atoms with Gasteiger partial charge in [0.05, 0.1) is 11.8 Å². The van der Waals surface area contributed by atoms with Crippen LogP contribution in [-0.2, 0) is 10.0 Å². The molecule has 1 N–H and O–H groups in total. The second kappa shape index (κ2) is 6.67. The van der Waals surface area contributed by atoms with E-state index in [1.807, 2.05) is 37.4 Å². The lowest BCUT2D eigenvalue weighted by Crippen LogP contribution is -2.49. The van der Waals surface area contributed by atoms with Crippen molar-refractivity contribution in [2.24, 2.45) is 0 Å². The first-order valence-electron chi connectivity index (χ1n) is 6.88. The van der Waals surface area contributed by atoms with Crippen molar-refractivity contribution in [2.45, 2.75) is 12.5 Å². The van der Waals surface area contributed by atoms with Gasteiger partial charge in [0.2, 0.25) is 10.0 Å². The topological polar surface area (TPSA) is 60.9 Å². The molecule has 1 aliphatic rings. The van der Waals surface area contributed by atoms with Crippen LogP contribution in [0.25, 0.3) is 0 Å². The number of hydrogen-bond donors (Lipinski definition) is 1. The third-order valence-electron chi connectivity index (χ3n) is 3.64. The van der Waals surface area contributed by atoms with Gasteiger partial charge in [0.1, 0.15) is 0 Å². The average molecular weight is 298 g/mol. The van der Waals surface area contributed by atoms with Crippen molar-refractivity contribution >= 4 is 10.0 Å². The number of hydrogen-bond acceptors (Lipinski definition) is 4. The largest absolute Gasteiger partial charge is 0.396 e. The number of sulfonamides is 1. The molecule has 0 radical (unpaired) electrons. The number of piperazine rings is 1. The van der Waals surface area contributed by atoms with Gasteiger partial charge in [-0.15, -0.1) is 0 Å². The van der Waals surface area contributed by atoms with Gasteiger partial charge < -0.3 is 10.0 Å². The van der Waals surface area contributed by atoms with E-state index in [9.17, 15) is 8.42 Å². The van der Waals surface area contributed by atoms with Crippen LogP contribution in [0.4, 0.5) is 0 Å². The standard InChI is InChI=1S/C14H22N2O3S/c1-15-8-9-16(20(18,19)11-5-10-17)14(12-15)13-6-3-2-4-7-13/h2-4,6-7,14,17H,5,8-12H2,1H3. The molecule has 1 saturated heterocycles. The van der Waals surface area contributed by atoms with E-state index in [0.29, 0.717) is 13.1 Å². The number of benzene rings is 1. The SMILES string of the molecule is CN1CCN(S(=O)(=O)CCCO)C(c2ccccc2)C1. The minimum Gasteiger partial charge on any atom is -0.396 e. The molecule has 0 bridgehead atoms. The van der Waals surface area contributed by atoms with E-state index >= 15 is 0 Å². The van der Waals surface area contributed by atoms with Gasteiger partial charge in [-0.3, -0.25) is 0 Å². The zero-order valence-corrected chi connectivity index (χ0v) is 12.6. The average Bonchev–Trinajstić information content (AvgIpc) is 2.46. The molecular weight excluding hydrogens is 276 g/mol. The Morgan fingerprint density at radius 2 is 1.95 bits per heavy atom. The molecule has 112 valence electrons. The summed E-state index contributed by atoms with van der Waals surface area (Å²) in [4.78, 5) is 2.15. The lowest BCUT2D eigenvalue weighted by atomic mass is 10.1. The van der Waals surface area contributed by atoms with E-state index < -0.39 is 10.0 Å². The Hall–Kier alpha value is -0.950. The van der Waals surface area contributed by atoms with E-state index in [1.54, 1.807) is 4.31 Å². The summed E-state index contributed by atoms with van der Waals surface area (Å²) in [5.74, 6) is 0.0105. The summed E-state index contributed by atoms with van der Waals surface area (Å²) >= 11 is 0. The zero-order chi connectivity index (χ0) is 14.6. The summed E-state index contributed by atoms with van der Waals surface area (Å²) in [6.45, 7) is 1.84. The molecule has 1 heterocycles. The number of rotatable bonds is 5. The quantitative estimate of drug-likeness (QED) is 0.869. The third kappa shape index (κ3) is 3.58. The first-order valence-corrected chi connectivity index (χ1v) is 8.49. The van der Waals surface area contributed by atoms with Gasteiger partial charge in [-0.2, -0.15) is 4.31 Å². The molecule has 1 fully saturated rings. The maximum absolute atomic E-state index is 12.4. The molecule has 1 aromatic carbocycles. The number of nitrogens with zero attached hydrogens (tertiary/aromatic N) is 2. The van der Waals surface area contributed by atoms with Crippen LogP contribution in [0.2, 0.25) is 0 Å². The van der Waals surface area contributed by atoms with Crippen molar-refractivity contribution in [3.63, 3.8) is 0 Å². The highest BCUT2D eigenvalue weighted by Gasteiger charge is 2.34. The van der Waals surface area contributed by atoms with Crippen molar-refractivity contribution < 1.29 is 13.5 Å². The van der Waals surface area contributed by atoms with Gasteiger partial charge in [-0.25, -0.2) is 8.42 Å². The minimum atomic E-state index is -3.32. The highest BCUT2D eigenvalue weighted by molar-refractivity contribution is 7.89. The molecule has 0 amide bonds. The zero-order valence-electron chi connectivity index (χ0n) is 11.8. The molecule has 0 saturated carbocycles. The number of likely N-dealkylation sites (N-methyl/N-ethyl adjacent to an activating group) is 1. The Kier molecular flexibility index (Phi) is 5.15. The molecule has 1 atom stereocenters. The van der Waals surface area contributed by atoms with Crippen molar-refractivity contribution in [1.29, 1.82) is 0 Å². The van der Waals surface area contributed by atoms with Crippen molar-refractivity contribution in [3.8, 4) is 0 Å². The van der Waals surface area contributed by atoms with Gasteiger partial charge in [-0.1, -0.05) is 30.3 Å². The van der Waals surface area contributed by atoms with Crippen LogP contribution in [0.1, 0.15) is 18.0 Å². The fourth-order valence-electron chi connectivity index (χ4n) is 2.55. The summed E-state index contributed by atoms with van der Waals surface area (Å²) in [6.07, 6.45) is 0.288. The fraction of sp³-hybridized carbons (Fsp3) is 0.571. The summed E-state index contributed by atoms with van der Waals surface area (Å²) < 4.78 is 26.5. The van der Waals surface area contributed by atoms with E-state index in [4.69, 9.17) is 5.11 Å². The van der Waals surface area contributed by atoms with Crippen LogP contribution in [0.15, 0.2) is 30.3 Å². The number of aliphatic hydroxyl groups is 1. The Bertz CT molecular complexity index is 518. The molecule has 0 aliphatic carbocycles. The van der Waals surface area contributed by atoms with Gasteiger partial charge in [-0.05, 0) is 19.0 Å². The van der Waals surface area contributed by atoms with Crippen LogP contribution >= 0.6 is 0 Å². The second-order valence-electron chi connectivity index (χ2n) is 5.19. The van der Waals surface area contributed by atoms with Crippen LogP contribution < -0.4 is 0 Å². The van der Waals surface area contributed by atoms with Gasteiger partial charge in [0, 0.05) is 26.2 Å². The van der Waals surface area contributed by atoms with Crippen LogP contribution in [0.5, 0.6) is 0 Å². The summed E-state index contributed by atoms with van der Waals surface area (Å²) in [6, 6.07) is 9.60. The molecule has 2 rings (SSSR count). The molecule has 1 aromatic rings. The highest BCUT2D eigenvalue weighted by atomic mass is 32.2. The smallest absolute Gasteiger partial charge is 0.214 e. The third-order valence-corrected chi connectivity index (χ3v) is 5.59. The molecule has 1 unspecified atom stereocenters. The maximum atomic E-state index is 12.4. The summed E-state index contributed by atoms with van der Waals surface area (Å²) in [7, 11) is -1.31. The lowest BCUT2D eigenvalue weighted by molar-refractivity contribution is 0.160. The van der Waals surface area contributed by atoms with Crippen molar-refractivity contribution in [1.82, 2.24) is 9.21 Å². The summed E-state index contributed by atoms with van der Waals surface area (Å²) in [5, 5.41) is 8.86. The first kappa shape index (κ1) is 15.4. The Labute approximate surface area is 120 Å². The molecular formula is C14H22N2O3S. The summed E-state index contributed by atoms with van der Waals surface area (Å²) in [5.41, 5.74) is 1.02. The Morgan fingerprint density at radius 3 is 2.60 bits per heavy atom. The highest BCUT2D eigenvalue weighted by Crippen LogP contribution is 2.27.